The standard InChI is InChI=1S/C19H28N6O2/c20-15-5-4-14(12-24(13-15)16-6-9-27-10-7-16)19(26)21-11-18-23-22-17-3-1-2-8-25(17)18/h1-3,8,14-16H,4-7,9-13,20H2,(H,21,26)/t14-,15+/m1/s1. The average Bonchev–Trinajstić information content (AvgIpc) is 3.01. The van der Waals surface area contributed by atoms with Crippen LogP contribution >= 0.6 is 0 Å². The molecule has 0 bridgehead atoms. The van der Waals surface area contributed by atoms with Gasteiger partial charge in [0.25, 0.3) is 0 Å². The van der Waals surface area contributed by atoms with Crippen LogP contribution in [0.5, 0.6) is 0 Å². The van der Waals surface area contributed by atoms with E-state index in [0.717, 1.165) is 63.5 Å². The highest BCUT2D eigenvalue weighted by atomic mass is 16.5. The fraction of sp³-hybridized carbons (Fsp3) is 0.632. The lowest BCUT2D eigenvalue weighted by Gasteiger charge is -2.35. The number of likely N-dealkylation sites (tertiary alicyclic amines) is 1. The minimum Gasteiger partial charge on any atom is -0.381 e. The van der Waals surface area contributed by atoms with Crippen LogP contribution in [0.2, 0.25) is 0 Å². The summed E-state index contributed by atoms with van der Waals surface area (Å²) < 4.78 is 7.39. The molecular formula is C19H28N6O2. The fourth-order valence-corrected chi connectivity index (χ4v) is 4.14. The normalized spacial score (nSPS) is 25.4. The maximum Gasteiger partial charge on any atom is 0.224 e. The van der Waals surface area contributed by atoms with E-state index in [1.165, 1.54) is 0 Å². The van der Waals surface area contributed by atoms with Crippen LogP contribution in [0.3, 0.4) is 0 Å². The zero-order chi connectivity index (χ0) is 18.6. The Balaban J connectivity index is 1.39. The molecule has 2 aromatic heterocycles. The zero-order valence-corrected chi connectivity index (χ0v) is 15.6. The Morgan fingerprint density at radius 3 is 2.89 bits per heavy atom. The summed E-state index contributed by atoms with van der Waals surface area (Å²) in [5.41, 5.74) is 7.07. The Morgan fingerprint density at radius 1 is 1.19 bits per heavy atom. The third-order valence-corrected chi connectivity index (χ3v) is 5.69. The molecule has 2 aromatic rings. The number of ether oxygens (including phenoxy) is 1. The van der Waals surface area contributed by atoms with Crippen molar-refractivity contribution in [3.8, 4) is 0 Å². The summed E-state index contributed by atoms with van der Waals surface area (Å²) in [5, 5.41) is 11.4. The molecule has 27 heavy (non-hydrogen) atoms. The van der Waals surface area contributed by atoms with E-state index in [1.54, 1.807) is 0 Å². The van der Waals surface area contributed by atoms with E-state index in [1.807, 2.05) is 28.8 Å². The Kier molecular flexibility index (Phi) is 5.66. The first-order valence-corrected chi connectivity index (χ1v) is 9.84. The minimum absolute atomic E-state index is 0.0411. The SMILES string of the molecule is N[C@H]1CC[C@@H](C(=O)NCc2nnc3ccccn23)CN(C2CCOCC2)C1. The van der Waals surface area contributed by atoms with Crippen LogP contribution in [0.1, 0.15) is 31.5 Å². The van der Waals surface area contributed by atoms with Crippen molar-refractivity contribution in [2.24, 2.45) is 11.7 Å². The van der Waals surface area contributed by atoms with Gasteiger partial charge in [-0.15, -0.1) is 10.2 Å². The molecule has 2 saturated heterocycles. The summed E-state index contributed by atoms with van der Waals surface area (Å²) in [7, 11) is 0. The van der Waals surface area contributed by atoms with Crippen molar-refractivity contribution in [2.45, 2.75) is 44.3 Å². The smallest absolute Gasteiger partial charge is 0.224 e. The molecule has 4 rings (SSSR count). The third kappa shape index (κ3) is 4.28. The Morgan fingerprint density at radius 2 is 2.04 bits per heavy atom. The van der Waals surface area contributed by atoms with E-state index in [0.29, 0.717) is 12.6 Å². The van der Waals surface area contributed by atoms with Crippen molar-refractivity contribution in [3.63, 3.8) is 0 Å². The lowest BCUT2D eigenvalue weighted by Crippen LogP contribution is -2.47. The van der Waals surface area contributed by atoms with E-state index in [9.17, 15) is 4.79 Å². The van der Waals surface area contributed by atoms with E-state index in [4.69, 9.17) is 10.5 Å². The fourth-order valence-electron chi connectivity index (χ4n) is 4.14. The van der Waals surface area contributed by atoms with Gasteiger partial charge in [-0.3, -0.25) is 14.1 Å². The van der Waals surface area contributed by atoms with Crippen molar-refractivity contribution in [1.29, 1.82) is 0 Å². The molecule has 2 fully saturated rings. The largest absolute Gasteiger partial charge is 0.381 e. The topological polar surface area (TPSA) is 97.8 Å². The molecule has 8 nitrogen and oxygen atoms in total. The van der Waals surface area contributed by atoms with E-state index < -0.39 is 0 Å². The molecule has 0 unspecified atom stereocenters. The summed E-state index contributed by atoms with van der Waals surface area (Å²) in [5.74, 6) is 0.778. The van der Waals surface area contributed by atoms with Crippen molar-refractivity contribution in [3.05, 3.63) is 30.2 Å². The highest BCUT2D eigenvalue weighted by molar-refractivity contribution is 5.78. The number of fused-ring (bicyclic) bond motifs is 1. The number of carbonyl (C=O) groups excluding carboxylic acids is 1. The van der Waals surface area contributed by atoms with Gasteiger partial charge in [0.2, 0.25) is 5.91 Å². The number of nitrogens with two attached hydrogens (primary N) is 1. The maximum atomic E-state index is 12.9. The Labute approximate surface area is 159 Å². The highest BCUT2D eigenvalue weighted by Crippen LogP contribution is 2.22. The monoisotopic (exact) mass is 372 g/mol. The maximum absolute atomic E-state index is 12.9. The van der Waals surface area contributed by atoms with Crippen molar-refractivity contribution >= 4 is 11.6 Å². The first kappa shape index (κ1) is 18.3. The van der Waals surface area contributed by atoms with Gasteiger partial charge in [0, 0.05) is 44.6 Å². The van der Waals surface area contributed by atoms with Crippen LogP contribution in [0.15, 0.2) is 24.4 Å². The molecular weight excluding hydrogens is 344 g/mol. The predicted molar refractivity (Wildman–Crippen MR) is 101 cm³/mol. The van der Waals surface area contributed by atoms with Crippen LogP contribution in [-0.2, 0) is 16.1 Å². The molecule has 2 aliphatic heterocycles. The van der Waals surface area contributed by atoms with Crippen LogP contribution in [0.25, 0.3) is 5.65 Å². The summed E-state index contributed by atoms with van der Waals surface area (Å²) in [6, 6.07) is 6.35. The Hall–Kier alpha value is -2.03. The molecule has 0 radical (unpaired) electrons. The van der Waals surface area contributed by atoms with Crippen molar-refractivity contribution < 1.29 is 9.53 Å². The van der Waals surface area contributed by atoms with Gasteiger partial charge < -0.3 is 15.8 Å². The summed E-state index contributed by atoms with van der Waals surface area (Å²) >= 11 is 0. The lowest BCUT2D eigenvalue weighted by atomic mass is 10.0. The zero-order valence-electron chi connectivity index (χ0n) is 15.6. The molecule has 0 aliphatic carbocycles. The van der Waals surface area contributed by atoms with E-state index in [2.05, 4.69) is 20.4 Å². The van der Waals surface area contributed by atoms with Gasteiger partial charge in [0.1, 0.15) is 0 Å². The highest BCUT2D eigenvalue weighted by Gasteiger charge is 2.31. The quantitative estimate of drug-likeness (QED) is 0.814. The molecule has 0 aromatic carbocycles. The molecule has 2 aliphatic rings. The first-order valence-electron chi connectivity index (χ1n) is 9.84. The van der Waals surface area contributed by atoms with Crippen LogP contribution in [0, 0.1) is 5.92 Å². The predicted octanol–water partition coefficient (Wildman–Crippen LogP) is 0.564. The van der Waals surface area contributed by atoms with Gasteiger partial charge >= 0.3 is 0 Å². The average molecular weight is 372 g/mol. The number of hydrogen-bond donors (Lipinski definition) is 2. The van der Waals surface area contributed by atoms with Gasteiger partial charge in [-0.05, 0) is 37.8 Å². The number of aromatic nitrogens is 3. The van der Waals surface area contributed by atoms with Gasteiger partial charge in [0.05, 0.1) is 12.5 Å². The molecule has 3 N–H and O–H groups in total. The number of rotatable bonds is 4. The second-order valence-corrected chi connectivity index (χ2v) is 7.59. The summed E-state index contributed by atoms with van der Waals surface area (Å²) in [4.78, 5) is 15.3. The third-order valence-electron chi connectivity index (χ3n) is 5.69. The summed E-state index contributed by atoms with van der Waals surface area (Å²) in [6.45, 7) is 3.61. The lowest BCUT2D eigenvalue weighted by molar-refractivity contribution is -0.126. The van der Waals surface area contributed by atoms with Gasteiger partial charge in [-0.25, -0.2) is 0 Å². The number of pyridine rings is 1. The van der Waals surface area contributed by atoms with Crippen LogP contribution in [0.4, 0.5) is 0 Å². The van der Waals surface area contributed by atoms with Gasteiger partial charge in [-0.1, -0.05) is 6.07 Å². The van der Waals surface area contributed by atoms with Gasteiger partial charge in [0.15, 0.2) is 11.5 Å². The second-order valence-electron chi connectivity index (χ2n) is 7.59. The molecule has 1 amide bonds. The van der Waals surface area contributed by atoms with Crippen molar-refractivity contribution in [1.82, 2.24) is 24.8 Å². The Bertz CT molecular complexity index is 772. The number of hydrogen-bond acceptors (Lipinski definition) is 6. The summed E-state index contributed by atoms with van der Waals surface area (Å²) in [6.07, 6.45) is 5.66. The molecule has 146 valence electrons. The number of carbonyl (C=O) groups is 1. The number of nitrogens with one attached hydrogen (secondary N) is 1. The molecule has 4 heterocycles. The van der Waals surface area contributed by atoms with E-state index >= 15 is 0 Å². The molecule has 8 heteroatoms. The molecule has 0 spiro atoms. The molecule has 2 atom stereocenters. The van der Waals surface area contributed by atoms with Crippen molar-refractivity contribution in [2.75, 3.05) is 26.3 Å². The van der Waals surface area contributed by atoms with Gasteiger partial charge in [-0.2, -0.15) is 0 Å². The van der Waals surface area contributed by atoms with Crippen LogP contribution in [-0.4, -0.2) is 63.8 Å². The molecule has 0 saturated carbocycles. The second kappa shape index (κ2) is 8.33. The van der Waals surface area contributed by atoms with E-state index in [-0.39, 0.29) is 17.9 Å². The number of amides is 1. The van der Waals surface area contributed by atoms with Crippen LogP contribution < -0.4 is 11.1 Å². The number of nitrogens with zero attached hydrogens (tertiary/aromatic N) is 4. The first-order chi connectivity index (χ1) is 13.2. The minimum atomic E-state index is -0.0411.